The van der Waals surface area contributed by atoms with Crippen LogP contribution in [0.1, 0.15) is 5.56 Å². The second-order valence-electron chi connectivity index (χ2n) is 5.84. The van der Waals surface area contributed by atoms with Gasteiger partial charge in [0.2, 0.25) is 0 Å². The minimum Gasteiger partial charge on any atom is -0.382 e. The van der Waals surface area contributed by atoms with Gasteiger partial charge >= 0.3 is 0 Å². The summed E-state index contributed by atoms with van der Waals surface area (Å²) in [7, 11) is 1.57. The topological polar surface area (TPSA) is 64.9 Å². The predicted octanol–water partition coefficient (Wildman–Crippen LogP) is 3.05. The summed E-state index contributed by atoms with van der Waals surface area (Å²) < 4.78 is 25.2. The molecule has 2 heterocycles. The number of benzene rings is 1. The highest BCUT2D eigenvalue weighted by Gasteiger charge is 2.16. The third-order valence-electron chi connectivity index (χ3n) is 3.82. The van der Waals surface area contributed by atoms with Crippen LogP contribution in [0, 0.1) is 12.7 Å². The predicted molar refractivity (Wildman–Crippen MR) is 96.6 cm³/mol. The van der Waals surface area contributed by atoms with Gasteiger partial charge in [0, 0.05) is 18.9 Å². The molecular formula is C19H20FN3O3. The molecule has 1 N–H and O–H groups in total. The fourth-order valence-electron chi connectivity index (χ4n) is 2.55. The highest BCUT2D eigenvalue weighted by molar-refractivity contribution is 5.95. The molecule has 6 nitrogen and oxygen atoms in total. The van der Waals surface area contributed by atoms with Crippen LogP contribution in [0.3, 0.4) is 0 Å². The Bertz CT molecular complexity index is 906. The number of nitrogens with one attached hydrogen (secondary N) is 1. The van der Waals surface area contributed by atoms with E-state index in [1.807, 2.05) is 25.3 Å². The molecule has 7 heteroatoms. The Kier molecular flexibility index (Phi) is 5.60. The lowest BCUT2D eigenvalue weighted by molar-refractivity contribution is -0.121. The van der Waals surface area contributed by atoms with Crippen LogP contribution in [-0.4, -0.2) is 42.2 Å². The van der Waals surface area contributed by atoms with Crippen LogP contribution in [0.2, 0.25) is 0 Å². The number of nitrogens with zero attached hydrogens (tertiary/aromatic N) is 2. The van der Waals surface area contributed by atoms with E-state index in [0.29, 0.717) is 35.9 Å². The zero-order chi connectivity index (χ0) is 18.5. The largest absolute Gasteiger partial charge is 0.382 e. The highest BCUT2D eigenvalue weighted by Crippen LogP contribution is 2.29. The third kappa shape index (κ3) is 4.07. The molecule has 3 rings (SSSR count). The number of pyridine rings is 1. The molecule has 1 amide bonds. The van der Waals surface area contributed by atoms with Crippen molar-refractivity contribution in [2.45, 2.75) is 6.92 Å². The van der Waals surface area contributed by atoms with E-state index in [4.69, 9.17) is 9.47 Å². The SMILES string of the molecule is COCCOCC(=O)Nc1c(-c2ccc(F)cc2)nc2cc(C)ccn12. The van der Waals surface area contributed by atoms with Crippen molar-refractivity contribution in [3.63, 3.8) is 0 Å². The van der Waals surface area contributed by atoms with Crippen molar-refractivity contribution in [1.82, 2.24) is 9.38 Å². The fourth-order valence-corrected chi connectivity index (χ4v) is 2.55. The van der Waals surface area contributed by atoms with Crippen molar-refractivity contribution in [2.24, 2.45) is 0 Å². The first-order valence-electron chi connectivity index (χ1n) is 8.19. The van der Waals surface area contributed by atoms with Gasteiger partial charge in [-0.2, -0.15) is 0 Å². The zero-order valence-electron chi connectivity index (χ0n) is 14.7. The number of methoxy groups -OCH3 is 1. The maximum Gasteiger partial charge on any atom is 0.251 e. The maximum absolute atomic E-state index is 13.3. The summed E-state index contributed by atoms with van der Waals surface area (Å²) in [6.45, 7) is 2.63. The third-order valence-corrected chi connectivity index (χ3v) is 3.82. The van der Waals surface area contributed by atoms with Crippen LogP contribution in [-0.2, 0) is 14.3 Å². The van der Waals surface area contributed by atoms with Crippen molar-refractivity contribution in [3.05, 3.63) is 54.0 Å². The Morgan fingerprint density at radius 1 is 1.23 bits per heavy atom. The average molecular weight is 357 g/mol. The van der Waals surface area contributed by atoms with Gasteiger partial charge in [0.05, 0.1) is 13.2 Å². The molecular weight excluding hydrogens is 337 g/mol. The Balaban J connectivity index is 1.92. The van der Waals surface area contributed by atoms with Gasteiger partial charge < -0.3 is 14.8 Å². The molecule has 1 aromatic carbocycles. The molecule has 26 heavy (non-hydrogen) atoms. The zero-order valence-corrected chi connectivity index (χ0v) is 14.7. The van der Waals surface area contributed by atoms with E-state index >= 15 is 0 Å². The van der Waals surface area contributed by atoms with E-state index in [1.54, 1.807) is 23.6 Å². The molecule has 2 aromatic heterocycles. The summed E-state index contributed by atoms with van der Waals surface area (Å²) in [4.78, 5) is 16.8. The number of imidazole rings is 1. The average Bonchev–Trinajstić information content (AvgIpc) is 2.97. The molecule has 0 fully saturated rings. The molecule has 0 aliphatic carbocycles. The first kappa shape index (κ1) is 18.0. The van der Waals surface area contributed by atoms with Crippen molar-refractivity contribution in [2.75, 3.05) is 32.2 Å². The van der Waals surface area contributed by atoms with Gasteiger partial charge in [0.15, 0.2) is 0 Å². The summed E-state index contributed by atoms with van der Waals surface area (Å²) in [5.74, 6) is -0.107. The maximum atomic E-state index is 13.3. The number of carbonyl (C=O) groups excluding carboxylic acids is 1. The molecule has 0 saturated carbocycles. The number of hydrogen-bond acceptors (Lipinski definition) is 4. The monoisotopic (exact) mass is 357 g/mol. The molecule has 0 aliphatic heterocycles. The van der Waals surface area contributed by atoms with Gasteiger partial charge in [-0.15, -0.1) is 0 Å². The molecule has 3 aromatic rings. The first-order chi connectivity index (χ1) is 12.6. The number of amides is 1. The molecule has 0 saturated heterocycles. The molecule has 0 aliphatic rings. The normalized spacial score (nSPS) is 11.0. The van der Waals surface area contributed by atoms with E-state index in [1.165, 1.54) is 12.1 Å². The summed E-state index contributed by atoms with van der Waals surface area (Å²) in [6.07, 6.45) is 1.84. The molecule has 0 atom stereocenters. The first-order valence-corrected chi connectivity index (χ1v) is 8.19. The van der Waals surface area contributed by atoms with E-state index in [0.717, 1.165) is 5.56 Å². The van der Waals surface area contributed by atoms with E-state index < -0.39 is 0 Å². The number of aryl methyl sites for hydroxylation is 1. The number of halogens is 1. The lowest BCUT2D eigenvalue weighted by atomic mass is 10.1. The summed E-state index contributed by atoms with van der Waals surface area (Å²) in [6, 6.07) is 9.84. The number of rotatable bonds is 7. The molecule has 0 unspecified atom stereocenters. The second-order valence-corrected chi connectivity index (χ2v) is 5.84. The molecule has 0 radical (unpaired) electrons. The summed E-state index contributed by atoms with van der Waals surface area (Å²) in [5, 5.41) is 2.84. The van der Waals surface area contributed by atoms with Crippen LogP contribution in [0.4, 0.5) is 10.2 Å². The summed E-state index contributed by atoms with van der Waals surface area (Å²) >= 11 is 0. The quantitative estimate of drug-likeness (QED) is 0.660. The number of anilines is 1. The van der Waals surface area contributed by atoms with Crippen molar-refractivity contribution < 1.29 is 18.7 Å². The number of ether oxygens (including phenoxy) is 2. The van der Waals surface area contributed by atoms with Crippen LogP contribution in [0.15, 0.2) is 42.6 Å². The van der Waals surface area contributed by atoms with Crippen LogP contribution < -0.4 is 5.32 Å². The van der Waals surface area contributed by atoms with Crippen LogP contribution in [0.25, 0.3) is 16.9 Å². The minimum atomic E-state index is -0.328. The Morgan fingerprint density at radius 2 is 2.00 bits per heavy atom. The van der Waals surface area contributed by atoms with Gasteiger partial charge in [-0.25, -0.2) is 9.37 Å². The van der Waals surface area contributed by atoms with Crippen LogP contribution >= 0.6 is 0 Å². The minimum absolute atomic E-state index is 0.0920. The number of aromatic nitrogens is 2. The lowest BCUT2D eigenvalue weighted by Crippen LogP contribution is -2.20. The van der Waals surface area contributed by atoms with E-state index in [-0.39, 0.29) is 18.3 Å². The van der Waals surface area contributed by atoms with Gasteiger partial charge in [-0.3, -0.25) is 9.20 Å². The van der Waals surface area contributed by atoms with E-state index in [9.17, 15) is 9.18 Å². The van der Waals surface area contributed by atoms with Crippen molar-refractivity contribution >= 4 is 17.4 Å². The molecule has 0 spiro atoms. The van der Waals surface area contributed by atoms with Crippen molar-refractivity contribution in [3.8, 4) is 11.3 Å². The number of fused-ring (bicyclic) bond motifs is 1. The highest BCUT2D eigenvalue weighted by atomic mass is 19.1. The Hall–Kier alpha value is -2.77. The van der Waals surface area contributed by atoms with Gasteiger partial charge in [-0.05, 0) is 48.9 Å². The Morgan fingerprint density at radius 3 is 2.73 bits per heavy atom. The molecule has 0 bridgehead atoms. The molecule has 136 valence electrons. The fraction of sp³-hybridized carbons (Fsp3) is 0.263. The van der Waals surface area contributed by atoms with Gasteiger partial charge in [0.1, 0.15) is 29.6 Å². The van der Waals surface area contributed by atoms with Gasteiger partial charge in [-0.1, -0.05) is 0 Å². The summed E-state index contributed by atoms with van der Waals surface area (Å²) in [5.41, 5.74) is 3.03. The van der Waals surface area contributed by atoms with E-state index in [2.05, 4.69) is 10.3 Å². The number of carbonyl (C=O) groups is 1. The Labute approximate surface area is 150 Å². The second kappa shape index (κ2) is 8.07. The van der Waals surface area contributed by atoms with Crippen molar-refractivity contribution in [1.29, 1.82) is 0 Å². The van der Waals surface area contributed by atoms with Gasteiger partial charge in [0.25, 0.3) is 5.91 Å². The standard InChI is InChI=1S/C19H20FN3O3/c1-13-7-8-23-16(11-13)21-18(14-3-5-15(20)6-4-14)19(23)22-17(24)12-26-10-9-25-2/h3-8,11H,9-10,12H2,1-2H3,(H,22,24). The van der Waals surface area contributed by atoms with Crippen LogP contribution in [0.5, 0.6) is 0 Å². The smallest absolute Gasteiger partial charge is 0.251 e. The number of hydrogen-bond donors (Lipinski definition) is 1. The lowest BCUT2D eigenvalue weighted by Gasteiger charge is -2.08.